The minimum Gasteiger partial charge on any atom is -0.147 e. The first-order chi connectivity index (χ1) is 0. The number of halogens is 5. The standard InChI is InChI=1S/2BrH.3ClH.P/h5*1H;. The SMILES string of the molecule is Br.Br.Cl.Cl.Cl.[P]. The lowest BCUT2D eigenvalue weighted by molar-refractivity contribution is 5.85. The molecule has 0 spiro atoms. The Morgan fingerprint density at radius 3 is 0.500 bits per heavy atom. The largest absolute Gasteiger partial charge is 0.147 e. The van der Waals surface area contributed by atoms with Gasteiger partial charge in [-0.15, -0.1) is 71.2 Å². The van der Waals surface area contributed by atoms with Gasteiger partial charge in [-0.3, -0.25) is 0 Å². The summed E-state index contributed by atoms with van der Waals surface area (Å²) in [5, 5.41) is 0. The van der Waals surface area contributed by atoms with Crippen molar-refractivity contribution in [3.8, 4) is 0 Å². The zero-order valence-corrected chi connectivity index (χ0v) is 9.26. The molecule has 0 heterocycles. The molecule has 0 saturated heterocycles. The van der Waals surface area contributed by atoms with Crippen molar-refractivity contribution >= 4 is 81.1 Å². The second-order valence-electron chi connectivity index (χ2n) is 0. The molecule has 0 fully saturated rings. The molecule has 0 N–H and O–H groups in total. The first kappa shape index (κ1) is 85.2. The van der Waals surface area contributed by atoms with E-state index < -0.39 is 0 Å². The molecule has 6 heteroatoms. The summed E-state index contributed by atoms with van der Waals surface area (Å²) in [7, 11) is 0. The predicted molar refractivity (Wildman–Crippen MR) is 49.3 cm³/mol. The van der Waals surface area contributed by atoms with Crippen molar-refractivity contribution in [2.45, 2.75) is 0 Å². The molecule has 0 aliphatic carbocycles. The summed E-state index contributed by atoms with van der Waals surface area (Å²) in [6, 6.07) is 0. The molecule has 3 radical (unpaired) electrons. The van der Waals surface area contributed by atoms with E-state index in [-0.39, 0.29) is 81.1 Å². The van der Waals surface area contributed by atoms with Crippen LogP contribution in [0.5, 0.6) is 0 Å². The summed E-state index contributed by atoms with van der Waals surface area (Å²) in [5.74, 6) is 0. The fraction of sp³-hybridized carbons (Fsp3) is 0. The van der Waals surface area contributed by atoms with Crippen molar-refractivity contribution in [2.24, 2.45) is 0 Å². The van der Waals surface area contributed by atoms with E-state index in [1.54, 1.807) is 0 Å². The van der Waals surface area contributed by atoms with Gasteiger partial charge in [0.25, 0.3) is 0 Å². The van der Waals surface area contributed by atoms with Crippen LogP contribution < -0.4 is 0 Å². The van der Waals surface area contributed by atoms with Crippen molar-refractivity contribution in [2.75, 3.05) is 0 Å². The molecule has 0 aliphatic rings. The molecule has 45 valence electrons. The first-order valence-corrected chi connectivity index (χ1v) is 0. The zero-order chi connectivity index (χ0) is 0. The maximum Gasteiger partial charge on any atom is 0 e. The van der Waals surface area contributed by atoms with Crippen LogP contribution in [0.3, 0.4) is 0 Å². The molecule has 0 nitrogen and oxygen atoms in total. The lowest BCUT2D eigenvalue weighted by Crippen LogP contribution is 0.689. The van der Waals surface area contributed by atoms with Crippen molar-refractivity contribution in [1.29, 1.82) is 0 Å². The summed E-state index contributed by atoms with van der Waals surface area (Å²) >= 11 is 0. The van der Waals surface area contributed by atoms with E-state index in [1.807, 2.05) is 0 Å². The van der Waals surface area contributed by atoms with E-state index in [9.17, 15) is 0 Å². The van der Waals surface area contributed by atoms with Crippen LogP contribution >= 0.6 is 81.1 Å². The third-order valence-corrected chi connectivity index (χ3v) is 0. The molecule has 0 amide bonds. The van der Waals surface area contributed by atoms with E-state index in [2.05, 4.69) is 0 Å². The quantitative estimate of drug-likeness (QED) is 0.602. The Morgan fingerprint density at radius 1 is 0.500 bits per heavy atom. The topological polar surface area (TPSA) is 0 Å². The summed E-state index contributed by atoms with van der Waals surface area (Å²) in [4.78, 5) is 0. The van der Waals surface area contributed by atoms with Gasteiger partial charge in [-0.25, -0.2) is 0 Å². The van der Waals surface area contributed by atoms with Crippen LogP contribution in [0.4, 0.5) is 0 Å². The second-order valence-corrected chi connectivity index (χ2v) is 0. The van der Waals surface area contributed by atoms with Gasteiger partial charge < -0.3 is 0 Å². The van der Waals surface area contributed by atoms with Crippen LogP contribution in [0.15, 0.2) is 0 Å². The normalized spacial score (nSPS) is 0. The predicted octanol–water partition coefficient (Wildman–Crippen LogP) is 3.28. The molecule has 0 unspecified atom stereocenters. The molecule has 0 atom stereocenters. The molecule has 0 aromatic heterocycles. The fourth-order valence-electron chi connectivity index (χ4n) is 0. The van der Waals surface area contributed by atoms with Crippen molar-refractivity contribution in [3.63, 3.8) is 0 Å². The van der Waals surface area contributed by atoms with Gasteiger partial charge in [-0.2, -0.15) is 0 Å². The third-order valence-electron chi connectivity index (χ3n) is 0. The van der Waals surface area contributed by atoms with Gasteiger partial charge in [-0.05, 0) is 0 Å². The highest BCUT2D eigenvalue weighted by Gasteiger charge is 0.0000392. The van der Waals surface area contributed by atoms with Crippen LogP contribution in [0.2, 0.25) is 0 Å². The average Bonchev–Trinajstić information content (AvgIpc) is 0. The first-order valence-electron chi connectivity index (χ1n) is 0. The Kier molecular flexibility index (Phi) is 791. The Hall–Kier alpha value is 2.26. The number of rotatable bonds is 0. The summed E-state index contributed by atoms with van der Waals surface area (Å²) in [6.45, 7) is 0. The van der Waals surface area contributed by atoms with Crippen molar-refractivity contribution < 1.29 is 0 Å². The number of hydrogen-bond acceptors (Lipinski definition) is 0. The maximum absolute atomic E-state index is 0. The molecule has 0 aliphatic heterocycles. The van der Waals surface area contributed by atoms with Crippen molar-refractivity contribution in [3.05, 3.63) is 0 Å². The van der Waals surface area contributed by atoms with Crippen LogP contribution in [0.25, 0.3) is 0 Å². The lowest BCUT2D eigenvalue weighted by Gasteiger charge is -0.148. The van der Waals surface area contributed by atoms with Gasteiger partial charge in [-0.1, -0.05) is 0 Å². The summed E-state index contributed by atoms with van der Waals surface area (Å²) < 4.78 is 0. The minimum absolute atomic E-state index is 0. The van der Waals surface area contributed by atoms with Gasteiger partial charge in [0.15, 0.2) is 0 Å². The van der Waals surface area contributed by atoms with E-state index in [0.717, 1.165) is 0 Å². The number of hydrogen-bond donors (Lipinski definition) is 0. The average molecular weight is 302 g/mol. The van der Waals surface area contributed by atoms with Gasteiger partial charge in [0.2, 0.25) is 0 Å². The zero-order valence-electron chi connectivity index (χ0n) is 2.49. The molecule has 0 aromatic rings. The smallest absolute Gasteiger partial charge is 0 e. The molecule has 0 bridgehead atoms. The van der Waals surface area contributed by atoms with Crippen LogP contribution in [0.1, 0.15) is 0 Å². The Balaban J connectivity index is 0. The van der Waals surface area contributed by atoms with Crippen LogP contribution in [0, 0.1) is 0 Å². The highest BCUT2D eigenvalue weighted by molar-refractivity contribution is 8.93. The Labute approximate surface area is 80.6 Å². The Bertz CT molecular complexity index is 8.75. The monoisotopic (exact) mass is 299 g/mol. The van der Waals surface area contributed by atoms with Gasteiger partial charge in [0.05, 0.1) is 0 Å². The minimum atomic E-state index is 0. The van der Waals surface area contributed by atoms with Gasteiger partial charge in [0.1, 0.15) is 0 Å². The molecule has 6 heavy (non-hydrogen) atoms. The highest BCUT2D eigenvalue weighted by atomic mass is 79.9. The maximum atomic E-state index is 0. The highest BCUT2D eigenvalue weighted by Crippen LogP contribution is 0.861. The van der Waals surface area contributed by atoms with Crippen LogP contribution in [-0.4, -0.2) is 0 Å². The van der Waals surface area contributed by atoms with E-state index in [4.69, 9.17) is 0 Å². The van der Waals surface area contributed by atoms with E-state index >= 15 is 0 Å². The molecule has 0 aromatic carbocycles. The van der Waals surface area contributed by atoms with Crippen molar-refractivity contribution in [1.82, 2.24) is 0 Å². The second kappa shape index (κ2) is 55.7. The fourth-order valence-corrected chi connectivity index (χ4v) is 0. The van der Waals surface area contributed by atoms with E-state index in [0.29, 0.717) is 0 Å². The summed E-state index contributed by atoms with van der Waals surface area (Å²) in [6.07, 6.45) is 0. The van der Waals surface area contributed by atoms with Gasteiger partial charge in [0, 0.05) is 9.90 Å². The molecular weight excluding hydrogens is 297 g/mol. The van der Waals surface area contributed by atoms with E-state index in [1.165, 1.54) is 0 Å². The molecule has 0 rings (SSSR count). The molecule has 0 saturated carbocycles. The third kappa shape index (κ3) is 33.9. The summed E-state index contributed by atoms with van der Waals surface area (Å²) in [5.41, 5.74) is 0. The molecular formula is H5Br2Cl3P. The Morgan fingerprint density at radius 2 is 0.500 bits per heavy atom. The lowest BCUT2D eigenvalue weighted by atomic mass is 31.0. The van der Waals surface area contributed by atoms with Crippen LogP contribution in [-0.2, 0) is 0 Å². The van der Waals surface area contributed by atoms with Gasteiger partial charge >= 0.3 is 0 Å².